The van der Waals surface area contributed by atoms with Crippen LogP contribution in [0, 0.1) is 12.7 Å². The van der Waals surface area contributed by atoms with Crippen molar-refractivity contribution >= 4 is 29.9 Å². The van der Waals surface area contributed by atoms with Crippen LogP contribution in [0.1, 0.15) is 25.0 Å². The minimum atomic E-state index is -0.198. The smallest absolute Gasteiger partial charge is 0.188 e. The standard InChI is InChI=1S/C13H20FN3.HI/c1-9(2)17-13(15)16-7-6-11-4-5-12(14)8-10(11)3;/h4-5,8-9H,6-7H2,1-3H3,(H3,15,16,17);1H. The number of nitrogens with one attached hydrogen (secondary N) is 1. The Bertz CT molecular complexity index is 405. The van der Waals surface area contributed by atoms with Gasteiger partial charge in [0.1, 0.15) is 5.82 Å². The maximum atomic E-state index is 12.9. The second-order valence-electron chi connectivity index (χ2n) is 4.39. The topological polar surface area (TPSA) is 50.4 Å². The first-order valence-electron chi connectivity index (χ1n) is 5.80. The zero-order chi connectivity index (χ0) is 12.8. The van der Waals surface area contributed by atoms with E-state index in [1.165, 1.54) is 12.1 Å². The first kappa shape index (κ1) is 17.2. The Morgan fingerprint density at radius 1 is 1.44 bits per heavy atom. The normalized spacial score (nSPS) is 11.3. The Kier molecular flexibility index (Phi) is 7.90. The number of nitrogens with two attached hydrogens (primary N) is 1. The molecule has 0 fully saturated rings. The van der Waals surface area contributed by atoms with Crippen molar-refractivity contribution in [2.75, 3.05) is 6.54 Å². The van der Waals surface area contributed by atoms with E-state index in [4.69, 9.17) is 5.73 Å². The van der Waals surface area contributed by atoms with Crippen molar-refractivity contribution in [2.45, 2.75) is 33.2 Å². The van der Waals surface area contributed by atoms with Gasteiger partial charge in [0.15, 0.2) is 5.96 Å². The molecule has 0 atom stereocenters. The third kappa shape index (κ3) is 6.18. The minimum Gasteiger partial charge on any atom is -0.370 e. The predicted octanol–water partition coefficient (Wildman–Crippen LogP) is 2.61. The van der Waals surface area contributed by atoms with Crippen molar-refractivity contribution in [3.63, 3.8) is 0 Å². The summed E-state index contributed by atoms with van der Waals surface area (Å²) in [5.74, 6) is 0.260. The summed E-state index contributed by atoms with van der Waals surface area (Å²) in [6, 6.07) is 5.09. The first-order chi connectivity index (χ1) is 7.99. The number of guanidine groups is 1. The molecule has 1 aromatic rings. The molecule has 0 saturated heterocycles. The van der Waals surface area contributed by atoms with E-state index < -0.39 is 0 Å². The minimum absolute atomic E-state index is 0. The number of aliphatic imine (C=N–C) groups is 1. The van der Waals surface area contributed by atoms with Crippen LogP contribution in [0.5, 0.6) is 0 Å². The van der Waals surface area contributed by atoms with Crippen molar-refractivity contribution in [1.82, 2.24) is 5.32 Å². The summed E-state index contributed by atoms with van der Waals surface area (Å²) in [6.45, 7) is 6.52. The second kappa shape index (κ2) is 8.29. The van der Waals surface area contributed by atoms with E-state index in [0.29, 0.717) is 12.5 Å². The maximum Gasteiger partial charge on any atom is 0.188 e. The lowest BCUT2D eigenvalue weighted by Crippen LogP contribution is -2.36. The molecule has 0 spiro atoms. The molecule has 1 rings (SSSR count). The Morgan fingerprint density at radius 2 is 2.11 bits per heavy atom. The summed E-state index contributed by atoms with van der Waals surface area (Å²) in [5, 5.41) is 3.02. The SMILES string of the molecule is Cc1cc(F)ccc1CCN=C(N)NC(C)C.I. The van der Waals surface area contributed by atoms with E-state index in [1.54, 1.807) is 6.07 Å². The number of benzene rings is 1. The molecular weight excluding hydrogens is 344 g/mol. The van der Waals surface area contributed by atoms with E-state index in [9.17, 15) is 4.39 Å². The van der Waals surface area contributed by atoms with Crippen LogP contribution in [-0.2, 0) is 6.42 Å². The van der Waals surface area contributed by atoms with Gasteiger partial charge in [-0.2, -0.15) is 0 Å². The van der Waals surface area contributed by atoms with Gasteiger partial charge in [-0.1, -0.05) is 6.07 Å². The summed E-state index contributed by atoms with van der Waals surface area (Å²) in [7, 11) is 0. The Morgan fingerprint density at radius 3 is 2.67 bits per heavy atom. The maximum absolute atomic E-state index is 12.9. The largest absolute Gasteiger partial charge is 0.370 e. The number of rotatable bonds is 4. The molecule has 0 aliphatic heterocycles. The predicted molar refractivity (Wildman–Crippen MR) is 85.0 cm³/mol. The van der Waals surface area contributed by atoms with E-state index in [-0.39, 0.29) is 35.8 Å². The van der Waals surface area contributed by atoms with Crippen LogP contribution in [0.3, 0.4) is 0 Å². The second-order valence-corrected chi connectivity index (χ2v) is 4.39. The number of hydrogen-bond acceptors (Lipinski definition) is 1. The van der Waals surface area contributed by atoms with Crippen molar-refractivity contribution < 1.29 is 4.39 Å². The fourth-order valence-corrected chi connectivity index (χ4v) is 1.58. The third-order valence-corrected chi connectivity index (χ3v) is 2.40. The molecule has 0 unspecified atom stereocenters. The van der Waals surface area contributed by atoms with E-state index in [1.807, 2.05) is 20.8 Å². The van der Waals surface area contributed by atoms with Gasteiger partial charge in [0, 0.05) is 12.6 Å². The van der Waals surface area contributed by atoms with Gasteiger partial charge in [-0.15, -0.1) is 24.0 Å². The molecule has 0 bridgehead atoms. The molecule has 0 amide bonds. The summed E-state index contributed by atoms with van der Waals surface area (Å²) in [5.41, 5.74) is 7.74. The highest BCUT2D eigenvalue weighted by atomic mass is 127. The lowest BCUT2D eigenvalue weighted by Gasteiger charge is -2.09. The van der Waals surface area contributed by atoms with Crippen LogP contribution in [-0.4, -0.2) is 18.5 Å². The van der Waals surface area contributed by atoms with E-state index >= 15 is 0 Å². The average molecular weight is 365 g/mol. The van der Waals surface area contributed by atoms with Crippen molar-refractivity contribution in [3.05, 3.63) is 35.1 Å². The molecule has 0 heterocycles. The van der Waals surface area contributed by atoms with Crippen molar-refractivity contribution in [3.8, 4) is 0 Å². The molecule has 0 saturated carbocycles. The van der Waals surface area contributed by atoms with Crippen LogP contribution >= 0.6 is 24.0 Å². The van der Waals surface area contributed by atoms with Crippen LogP contribution in [0.15, 0.2) is 23.2 Å². The highest BCUT2D eigenvalue weighted by Gasteiger charge is 2.00. The third-order valence-electron chi connectivity index (χ3n) is 2.40. The van der Waals surface area contributed by atoms with Crippen LogP contribution in [0.4, 0.5) is 4.39 Å². The van der Waals surface area contributed by atoms with Crippen LogP contribution < -0.4 is 11.1 Å². The van der Waals surface area contributed by atoms with Gasteiger partial charge in [0.05, 0.1) is 0 Å². The Labute approximate surface area is 125 Å². The molecule has 102 valence electrons. The molecule has 0 aliphatic rings. The van der Waals surface area contributed by atoms with E-state index in [2.05, 4.69) is 10.3 Å². The summed E-state index contributed by atoms with van der Waals surface area (Å²) < 4.78 is 12.9. The number of hydrogen-bond donors (Lipinski definition) is 2. The van der Waals surface area contributed by atoms with Crippen molar-refractivity contribution in [1.29, 1.82) is 0 Å². The van der Waals surface area contributed by atoms with Gasteiger partial charge in [0.2, 0.25) is 0 Å². The molecule has 5 heteroatoms. The lowest BCUT2D eigenvalue weighted by molar-refractivity contribution is 0.625. The highest BCUT2D eigenvalue weighted by Crippen LogP contribution is 2.10. The first-order valence-corrected chi connectivity index (χ1v) is 5.80. The monoisotopic (exact) mass is 365 g/mol. The summed E-state index contributed by atoms with van der Waals surface area (Å²) >= 11 is 0. The molecule has 18 heavy (non-hydrogen) atoms. The zero-order valence-electron chi connectivity index (χ0n) is 11.0. The fraction of sp³-hybridized carbons (Fsp3) is 0.462. The highest BCUT2D eigenvalue weighted by molar-refractivity contribution is 14.0. The molecule has 3 nitrogen and oxygen atoms in total. The van der Waals surface area contributed by atoms with Gasteiger partial charge in [-0.3, -0.25) is 4.99 Å². The van der Waals surface area contributed by atoms with Gasteiger partial charge in [-0.05, 0) is 50.5 Å². The molecular formula is C13H21FIN3. The van der Waals surface area contributed by atoms with Crippen molar-refractivity contribution in [2.24, 2.45) is 10.7 Å². The van der Waals surface area contributed by atoms with Gasteiger partial charge < -0.3 is 11.1 Å². The van der Waals surface area contributed by atoms with Gasteiger partial charge >= 0.3 is 0 Å². The van der Waals surface area contributed by atoms with Crippen LogP contribution in [0.25, 0.3) is 0 Å². The molecule has 0 aromatic heterocycles. The zero-order valence-corrected chi connectivity index (χ0v) is 13.4. The number of halogens is 2. The van der Waals surface area contributed by atoms with E-state index in [0.717, 1.165) is 17.5 Å². The fourth-order valence-electron chi connectivity index (χ4n) is 1.58. The Balaban J connectivity index is 0.00000289. The summed E-state index contributed by atoms with van der Waals surface area (Å²) in [6.07, 6.45) is 0.770. The van der Waals surface area contributed by atoms with Crippen LogP contribution in [0.2, 0.25) is 0 Å². The molecule has 0 radical (unpaired) electrons. The van der Waals surface area contributed by atoms with Gasteiger partial charge in [0.25, 0.3) is 0 Å². The average Bonchev–Trinajstić information content (AvgIpc) is 2.20. The number of aryl methyl sites for hydroxylation is 1. The molecule has 1 aromatic carbocycles. The Hall–Kier alpha value is -0.850. The molecule has 3 N–H and O–H groups in total. The lowest BCUT2D eigenvalue weighted by atomic mass is 10.1. The summed E-state index contributed by atoms with van der Waals surface area (Å²) in [4.78, 5) is 4.21. The van der Waals surface area contributed by atoms with Gasteiger partial charge in [-0.25, -0.2) is 4.39 Å². The quantitative estimate of drug-likeness (QED) is 0.490. The molecule has 0 aliphatic carbocycles. The number of nitrogens with zero attached hydrogens (tertiary/aromatic N) is 1.